The predicted molar refractivity (Wildman–Crippen MR) is 108 cm³/mol. The van der Waals surface area contributed by atoms with E-state index in [2.05, 4.69) is 15.3 Å². The molecule has 1 atom stereocenters. The van der Waals surface area contributed by atoms with Crippen molar-refractivity contribution in [2.75, 3.05) is 11.9 Å². The van der Waals surface area contributed by atoms with Crippen molar-refractivity contribution in [2.24, 2.45) is 4.99 Å². The van der Waals surface area contributed by atoms with Gasteiger partial charge in [0.2, 0.25) is 16.9 Å². The van der Waals surface area contributed by atoms with Crippen LogP contribution in [0.4, 0.5) is 10.8 Å². The van der Waals surface area contributed by atoms with Gasteiger partial charge < -0.3 is 5.32 Å². The number of halogens is 2. The van der Waals surface area contributed by atoms with Gasteiger partial charge >= 0.3 is 0 Å². The quantitative estimate of drug-likeness (QED) is 0.763. The molecule has 26 heavy (non-hydrogen) atoms. The number of thiazole rings is 1. The standard InChI is InChI=1S/C16H14Cl2N4O2S2/c1-2-22-14(24)11(26-16(22)21-15-19-6-7-25-15)8-12(23)20-10-5-3-4-9(17)13(10)18/h3-7,11H,2,8H2,1H3,(H,20,23)/b21-16+. The van der Waals surface area contributed by atoms with Gasteiger partial charge in [0.1, 0.15) is 5.25 Å². The van der Waals surface area contributed by atoms with Crippen LogP contribution in [0.3, 0.4) is 0 Å². The molecule has 2 amide bonds. The maximum atomic E-state index is 12.6. The molecule has 0 aliphatic carbocycles. The predicted octanol–water partition coefficient (Wildman–Crippen LogP) is 4.43. The average Bonchev–Trinajstić information content (AvgIpc) is 3.21. The van der Waals surface area contributed by atoms with Gasteiger partial charge in [0, 0.05) is 24.5 Å². The number of hydrogen-bond acceptors (Lipinski definition) is 6. The van der Waals surface area contributed by atoms with E-state index in [1.807, 2.05) is 12.3 Å². The third kappa shape index (κ3) is 4.20. The first-order chi connectivity index (χ1) is 12.5. The number of amides is 2. The number of carbonyl (C=O) groups is 2. The molecule has 10 heteroatoms. The Kier molecular flexibility index (Phi) is 6.18. The lowest BCUT2D eigenvalue weighted by Crippen LogP contribution is -2.33. The van der Waals surface area contributed by atoms with Crippen molar-refractivity contribution in [1.82, 2.24) is 9.88 Å². The highest BCUT2D eigenvalue weighted by atomic mass is 35.5. The van der Waals surface area contributed by atoms with Crippen molar-refractivity contribution in [3.05, 3.63) is 39.8 Å². The monoisotopic (exact) mass is 428 g/mol. The Labute approximate surface area is 168 Å². The molecule has 1 saturated heterocycles. The summed E-state index contributed by atoms with van der Waals surface area (Å²) in [7, 11) is 0. The third-order valence-corrected chi connectivity index (χ3v) is 6.20. The maximum Gasteiger partial charge on any atom is 0.242 e. The molecular formula is C16H14Cl2N4O2S2. The Balaban J connectivity index is 1.70. The molecule has 3 rings (SSSR count). The molecule has 1 N–H and O–H groups in total. The second-order valence-corrected chi connectivity index (χ2v) is 8.08. The molecule has 0 saturated carbocycles. The summed E-state index contributed by atoms with van der Waals surface area (Å²) >= 11 is 14.7. The number of anilines is 1. The summed E-state index contributed by atoms with van der Waals surface area (Å²) in [6.07, 6.45) is 1.67. The van der Waals surface area contributed by atoms with E-state index in [1.54, 1.807) is 29.3 Å². The van der Waals surface area contributed by atoms with Crippen LogP contribution in [0.15, 0.2) is 34.8 Å². The van der Waals surface area contributed by atoms with E-state index in [1.165, 1.54) is 23.1 Å². The highest BCUT2D eigenvalue weighted by molar-refractivity contribution is 8.15. The topological polar surface area (TPSA) is 74.7 Å². The van der Waals surface area contributed by atoms with Crippen LogP contribution in [0.1, 0.15) is 13.3 Å². The Bertz CT molecular complexity index is 858. The normalized spacial score (nSPS) is 18.6. The number of amidine groups is 1. The number of aromatic nitrogens is 1. The zero-order valence-corrected chi connectivity index (χ0v) is 16.8. The van der Waals surface area contributed by atoms with E-state index in [0.717, 1.165) is 0 Å². The second kappa shape index (κ2) is 8.39. The van der Waals surface area contributed by atoms with Crippen LogP contribution in [-0.4, -0.2) is 38.7 Å². The lowest BCUT2D eigenvalue weighted by atomic mass is 10.2. The van der Waals surface area contributed by atoms with Crippen LogP contribution in [0, 0.1) is 0 Å². The van der Waals surface area contributed by atoms with Crippen molar-refractivity contribution >= 4 is 74.1 Å². The van der Waals surface area contributed by atoms with Gasteiger partial charge in [-0.3, -0.25) is 14.5 Å². The molecule has 1 unspecified atom stereocenters. The van der Waals surface area contributed by atoms with E-state index in [0.29, 0.717) is 27.6 Å². The lowest BCUT2D eigenvalue weighted by molar-refractivity contribution is -0.128. The van der Waals surface area contributed by atoms with Gasteiger partial charge in [0.25, 0.3) is 0 Å². The molecule has 2 aromatic rings. The van der Waals surface area contributed by atoms with Crippen molar-refractivity contribution in [3.8, 4) is 0 Å². The Hall–Kier alpha value is -1.61. The summed E-state index contributed by atoms with van der Waals surface area (Å²) in [4.78, 5) is 35.0. The molecule has 1 fully saturated rings. The summed E-state index contributed by atoms with van der Waals surface area (Å²) in [5, 5.41) is 5.75. The number of carbonyl (C=O) groups excluding carboxylic acids is 2. The number of benzene rings is 1. The number of aliphatic imine (C=N–C) groups is 1. The average molecular weight is 429 g/mol. The van der Waals surface area contributed by atoms with E-state index >= 15 is 0 Å². The highest BCUT2D eigenvalue weighted by Crippen LogP contribution is 2.33. The lowest BCUT2D eigenvalue weighted by Gasteiger charge is -2.13. The maximum absolute atomic E-state index is 12.6. The van der Waals surface area contributed by atoms with Gasteiger partial charge in [0.15, 0.2) is 5.17 Å². The summed E-state index contributed by atoms with van der Waals surface area (Å²) in [5.74, 6) is -0.452. The largest absolute Gasteiger partial charge is 0.325 e. The number of thioether (sulfide) groups is 1. The van der Waals surface area contributed by atoms with Crippen molar-refractivity contribution in [1.29, 1.82) is 0 Å². The molecule has 1 aliphatic heterocycles. The molecule has 1 aliphatic rings. The molecule has 0 bridgehead atoms. The van der Waals surface area contributed by atoms with Crippen LogP contribution < -0.4 is 5.32 Å². The zero-order chi connectivity index (χ0) is 18.7. The van der Waals surface area contributed by atoms with Crippen molar-refractivity contribution in [3.63, 3.8) is 0 Å². The first-order valence-corrected chi connectivity index (χ1v) is 10.2. The third-order valence-electron chi connectivity index (χ3n) is 3.54. The van der Waals surface area contributed by atoms with Gasteiger partial charge in [-0.2, -0.15) is 4.99 Å². The minimum absolute atomic E-state index is 0.0136. The number of rotatable bonds is 5. The SMILES string of the molecule is CCN1C(=O)C(CC(=O)Nc2cccc(Cl)c2Cl)S/C1=N/c1nccs1. The fourth-order valence-electron chi connectivity index (χ4n) is 2.34. The number of nitrogens with zero attached hydrogens (tertiary/aromatic N) is 3. The van der Waals surface area contributed by atoms with Gasteiger partial charge in [-0.05, 0) is 19.1 Å². The Morgan fingerprint density at radius 3 is 2.92 bits per heavy atom. The summed E-state index contributed by atoms with van der Waals surface area (Å²) in [6.45, 7) is 2.35. The fraction of sp³-hybridized carbons (Fsp3) is 0.250. The minimum Gasteiger partial charge on any atom is -0.325 e. The van der Waals surface area contributed by atoms with E-state index in [9.17, 15) is 9.59 Å². The van der Waals surface area contributed by atoms with E-state index < -0.39 is 5.25 Å². The molecule has 0 spiro atoms. The molecule has 0 radical (unpaired) electrons. The van der Waals surface area contributed by atoms with Crippen LogP contribution >= 0.6 is 46.3 Å². The van der Waals surface area contributed by atoms with E-state index in [4.69, 9.17) is 23.2 Å². The summed E-state index contributed by atoms with van der Waals surface area (Å²) < 4.78 is 0. The van der Waals surface area contributed by atoms with Crippen LogP contribution in [-0.2, 0) is 9.59 Å². The van der Waals surface area contributed by atoms with Crippen LogP contribution in [0.2, 0.25) is 10.0 Å². The minimum atomic E-state index is -0.536. The zero-order valence-electron chi connectivity index (χ0n) is 13.6. The molecular weight excluding hydrogens is 415 g/mol. The molecule has 2 heterocycles. The molecule has 1 aromatic heterocycles. The van der Waals surface area contributed by atoms with Gasteiger partial charge in [0.05, 0.1) is 15.7 Å². The van der Waals surface area contributed by atoms with Crippen LogP contribution in [0.25, 0.3) is 0 Å². The van der Waals surface area contributed by atoms with E-state index in [-0.39, 0.29) is 23.3 Å². The van der Waals surface area contributed by atoms with Crippen molar-refractivity contribution in [2.45, 2.75) is 18.6 Å². The Morgan fingerprint density at radius 2 is 2.23 bits per heavy atom. The summed E-state index contributed by atoms with van der Waals surface area (Å²) in [5.41, 5.74) is 0.420. The first-order valence-electron chi connectivity index (χ1n) is 7.69. The molecule has 6 nitrogen and oxygen atoms in total. The second-order valence-electron chi connectivity index (χ2n) is 5.25. The number of hydrogen-bond donors (Lipinski definition) is 1. The van der Waals surface area contributed by atoms with Gasteiger partial charge in [-0.1, -0.05) is 41.0 Å². The van der Waals surface area contributed by atoms with Gasteiger partial charge in [-0.15, -0.1) is 11.3 Å². The van der Waals surface area contributed by atoms with Crippen LogP contribution in [0.5, 0.6) is 0 Å². The Morgan fingerprint density at radius 1 is 1.42 bits per heavy atom. The highest BCUT2D eigenvalue weighted by Gasteiger charge is 2.38. The smallest absolute Gasteiger partial charge is 0.242 e. The molecule has 136 valence electrons. The summed E-state index contributed by atoms with van der Waals surface area (Å²) in [6, 6.07) is 4.98. The van der Waals surface area contributed by atoms with Gasteiger partial charge in [-0.25, -0.2) is 4.98 Å². The number of nitrogens with one attached hydrogen (secondary N) is 1. The first kappa shape index (κ1) is 19.2. The molecule has 1 aromatic carbocycles. The fourth-order valence-corrected chi connectivity index (χ4v) is 4.45. The van der Waals surface area contributed by atoms with Crippen molar-refractivity contribution < 1.29 is 9.59 Å².